The van der Waals surface area contributed by atoms with Gasteiger partial charge in [-0.05, 0) is 36.4 Å². The number of carbonyl (C=O) groups is 1. The maximum Gasteiger partial charge on any atom is 0.338 e. The van der Waals surface area contributed by atoms with Crippen molar-refractivity contribution in [3.63, 3.8) is 0 Å². The maximum atomic E-state index is 12.1. The first-order valence-corrected chi connectivity index (χ1v) is 9.74. The minimum absolute atomic E-state index is 0.0490. The molecule has 0 aliphatic heterocycles. The molecule has 7 nitrogen and oxygen atoms in total. The molecule has 1 aromatic heterocycles. The molecule has 3 aromatic rings. The maximum absolute atomic E-state index is 12.1. The molecule has 8 heteroatoms. The second-order valence-electron chi connectivity index (χ2n) is 5.61. The molecule has 0 saturated carbocycles. The zero-order chi connectivity index (χ0) is 19.3. The van der Waals surface area contributed by atoms with E-state index in [0.717, 1.165) is 5.56 Å². The molecule has 0 spiro atoms. The molecule has 1 N–H and O–H groups in total. The van der Waals surface area contributed by atoms with E-state index in [-0.39, 0.29) is 23.6 Å². The van der Waals surface area contributed by atoms with Gasteiger partial charge in [-0.2, -0.15) is 0 Å². The molecule has 0 aliphatic rings. The van der Waals surface area contributed by atoms with E-state index >= 15 is 0 Å². The largest absolute Gasteiger partial charge is 0.455 e. The van der Waals surface area contributed by atoms with Crippen molar-refractivity contribution >= 4 is 16.0 Å². The van der Waals surface area contributed by atoms with Crippen LogP contribution in [-0.2, 0) is 21.4 Å². The molecule has 0 saturated heterocycles. The SMILES string of the molecule is CCNS(=O)(=O)c1ccc(C(=O)OCc2coc(-c3ccccc3)n2)cc1. The summed E-state index contributed by atoms with van der Waals surface area (Å²) in [5.41, 5.74) is 1.55. The lowest BCUT2D eigenvalue weighted by molar-refractivity contribution is 0.0467. The van der Waals surface area contributed by atoms with Crippen molar-refractivity contribution in [3.8, 4) is 11.5 Å². The Hall–Kier alpha value is -2.97. The number of sulfonamides is 1. The van der Waals surface area contributed by atoms with Crippen molar-refractivity contribution in [2.24, 2.45) is 0 Å². The fourth-order valence-corrected chi connectivity index (χ4v) is 3.39. The van der Waals surface area contributed by atoms with E-state index in [2.05, 4.69) is 9.71 Å². The number of nitrogens with zero attached hydrogens (tertiary/aromatic N) is 1. The number of hydrogen-bond donors (Lipinski definition) is 1. The molecular formula is C19H18N2O5S. The fraction of sp³-hybridized carbons (Fsp3) is 0.158. The summed E-state index contributed by atoms with van der Waals surface area (Å²) in [6.45, 7) is 1.93. The highest BCUT2D eigenvalue weighted by Gasteiger charge is 2.15. The number of ether oxygens (including phenoxy) is 1. The van der Waals surface area contributed by atoms with Gasteiger partial charge in [-0.1, -0.05) is 25.1 Å². The zero-order valence-electron chi connectivity index (χ0n) is 14.6. The summed E-state index contributed by atoms with van der Waals surface area (Å²) < 4.78 is 36.8. The van der Waals surface area contributed by atoms with Crippen molar-refractivity contribution in [1.29, 1.82) is 0 Å². The normalized spacial score (nSPS) is 11.3. The van der Waals surface area contributed by atoms with Crippen LogP contribution >= 0.6 is 0 Å². The van der Waals surface area contributed by atoms with Crippen molar-refractivity contribution in [3.05, 3.63) is 72.1 Å². The van der Waals surface area contributed by atoms with Crippen LogP contribution in [0, 0.1) is 0 Å². The number of benzene rings is 2. The summed E-state index contributed by atoms with van der Waals surface area (Å²) in [5.74, 6) is -0.133. The number of aromatic nitrogens is 1. The van der Waals surface area contributed by atoms with Crippen LogP contribution in [0.5, 0.6) is 0 Å². The molecule has 0 radical (unpaired) electrons. The van der Waals surface area contributed by atoms with Gasteiger partial charge in [0.1, 0.15) is 18.6 Å². The number of esters is 1. The summed E-state index contributed by atoms with van der Waals surface area (Å²) in [5, 5.41) is 0. The Morgan fingerprint density at radius 3 is 2.48 bits per heavy atom. The Labute approximate surface area is 157 Å². The Morgan fingerprint density at radius 1 is 1.11 bits per heavy atom. The molecule has 0 unspecified atom stereocenters. The number of oxazole rings is 1. The standard InChI is InChI=1S/C19H18N2O5S/c1-2-20-27(23,24)17-10-8-15(9-11-17)19(22)26-13-16-12-25-18(21-16)14-6-4-3-5-7-14/h3-12,20H,2,13H2,1H3. The first kappa shape index (κ1) is 18.8. The molecule has 0 atom stereocenters. The molecule has 140 valence electrons. The van der Waals surface area contributed by atoms with Crippen molar-refractivity contribution in [2.75, 3.05) is 6.54 Å². The third-order valence-electron chi connectivity index (χ3n) is 3.66. The van der Waals surface area contributed by atoms with E-state index in [0.29, 0.717) is 11.6 Å². The minimum atomic E-state index is -3.56. The van der Waals surface area contributed by atoms with Crippen LogP contribution in [0.25, 0.3) is 11.5 Å². The molecular weight excluding hydrogens is 368 g/mol. The minimum Gasteiger partial charge on any atom is -0.455 e. The third-order valence-corrected chi connectivity index (χ3v) is 5.22. The first-order chi connectivity index (χ1) is 13.0. The summed E-state index contributed by atoms with van der Waals surface area (Å²) in [6, 6.07) is 14.9. The lowest BCUT2D eigenvalue weighted by Gasteiger charge is -2.06. The highest BCUT2D eigenvalue weighted by atomic mass is 32.2. The summed E-state index contributed by atoms with van der Waals surface area (Å²) in [7, 11) is -3.56. The van der Waals surface area contributed by atoms with Crippen LogP contribution in [0.2, 0.25) is 0 Å². The van der Waals surface area contributed by atoms with Crippen LogP contribution in [0.3, 0.4) is 0 Å². The van der Waals surface area contributed by atoms with Gasteiger partial charge in [0.2, 0.25) is 15.9 Å². The molecule has 0 bridgehead atoms. The lowest BCUT2D eigenvalue weighted by Crippen LogP contribution is -2.23. The van der Waals surface area contributed by atoms with Crippen molar-refractivity contribution < 1.29 is 22.4 Å². The van der Waals surface area contributed by atoms with Gasteiger partial charge >= 0.3 is 5.97 Å². The monoisotopic (exact) mass is 386 g/mol. The van der Waals surface area contributed by atoms with E-state index in [1.54, 1.807) is 6.92 Å². The van der Waals surface area contributed by atoms with Crippen LogP contribution in [0.4, 0.5) is 0 Å². The van der Waals surface area contributed by atoms with Gasteiger partial charge in [0, 0.05) is 12.1 Å². The Balaban J connectivity index is 1.62. The van der Waals surface area contributed by atoms with E-state index < -0.39 is 16.0 Å². The van der Waals surface area contributed by atoms with Crippen LogP contribution in [0.1, 0.15) is 23.0 Å². The van der Waals surface area contributed by atoms with Gasteiger partial charge in [-0.25, -0.2) is 22.9 Å². The fourth-order valence-electron chi connectivity index (χ4n) is 2.35. The van der Waals surface area contributed by atoms with Gasteiger partial charge in [0.15, 0.2) is 0 Å². The summed E-state index contributed by atoms with van der Waals surface area (Å²) >= 11 is 0. The third kappa shape index (κ3) is 4.60. The Kier molecular flexibility index (Phi) is 5.68. The molecule has 0 fully saturated rings. The number of rotatable bonds is 7. The molecule has 0 amide bonds. The van der Waals surface area contributed by atoms with E-state index in [9.17, 15) is 13.2 Å². The van der Waals surface area contributed by atoms with E-state index in [1.165, 1.54) is 30.5 Å². The average Bonchev–Trinajstić information content (AvgIpc) is 3.16. The quantitative estimate of drug-likeness (QED) is 0.627. The van der Waals surface area contributed by atoms with Gasteiger partial charge < -0.3 is 9.15 Å². The van der Waals surface area contributed by atoms with Crippen LogP contribution in [0.15, 0.2) is 70.2 Å². The van der Waals surface area contributed by atoms with E-state index in [1.807, 2.05) is 30.3 Å². The van der Waals surface area contributed by atoms with Gasteiger partial charge in [0.05, 0.1) is 10.5 Å². The number of hydrogen-bond acceptors (Lipinski definition) is 6. The Morgan fingerprint density at radius 2 is 1.81 bits per heavy atom. The Bertz CT molecular complexity index is 1010. The van der Waals surface area contributed by atoms with Gasteiger partial charge in [-0.15, -0.1) is 0 Å². The highest BCUT2D eigenvalue weighted by Crippen LogP contribution is 2.18. The highest BCUT2D eigenvalue weighted by molar-refractivity contribution is 7.89. The average molecular weight is 386 g/mol. The second-order valence-corrected chi connectivity index (χ2v) is 7.38. The van der Waals surface area contributed by atoms with Crippen molar-refractivity contribution in [1.82, 2.24) is 9.71 Å². The van der Waals surface area contributed by atoms with Gasteiger partial charge in [-0.3, -0.25) is 0 Å². The smallest absolute Gasteiger partial charge is 0.338 e. The summed E-state index contributed by atoms with van der Waals surface area (Å²) in [4.78, 5) is 16.5. The van der Waals surface area contributed by atoms with Crippen molar-refractivity contribution in [2.45, 2.75) is 18.4 Å². The number of nitrogens with one attached hydrogen (secondary N) is 1. The molecule has 2 aromatic carbocycles. The number of carbonyl (C=O) groups excluding carboxylic acids is 1. The molecule has 1 heterocycles. The molecule has 27 heavy (non-hydrogen) atoms. The van der Waals surface area contributed by atoms with Crippen LogP contribution < -0.4 is 4.72 Å². The molecule has 3 rings (SSSR count). The predicted octanol–water partition coefficient (Wildman–Crippen LogP) is 3.00. The summed E-state index contributed by atoms with van der Waals surface area (Å²) in [6.07, 6.45) is 1.43. The van der Waals surface area contributed by atoms with E-state index in [4.69, 9.17) is 9.15 Å². The molecule has 0 aliphatic carbocycles. The predicted molar refractivity (Wildman–Crippen MR) is 98.4 cm³/mol. The topological polar surface area (TPSA) is 98.5 Å². The first-order valence-electron chi connectivity index (χ1n) is 8.26. The lowest BCUT2D eigenvalue weighted by atomic mass is 10.2. The van der Waals surface area contributed by atoms with Gasteiger partial charge in [0.25, 0.3) is 0 Å². The zero-order valence-corrected chi connectivity index (χ0v) is 15.4. The van der Waals surface area contributed by atoms with Crippen LogP contribution in [-0.4, -0.2) is 25.9 Å². The second kappa shape index (κ2) is 8.15.